The predicted octanol–water partition coefficient (Wildman–Crippen LogP) is 2.61. The molecule has 88 valence electrons. The Balaban J connectivity index is 3.16. The summed E-state index contributed by atoms with van der Waals surface area (Å²) in [6, 6.07) is 4.87. The average molecular weight is 304 g/mol. The highest BCUT2D eigenvalue weighted by atomic mass is 79.9. The molecule has 1 aromatic rings. The Morgan fingerprint density at radius 1 is 1.50 bits per heavy atom. The molecule has 5 heteroatoms. The molecule has 0 fully saturated rings. The number of aryl methyl sites for hydroxylation is 1. The molecule has 0 saturated carbocycles. The van der Waals surface area contributed by atoms with Crippen molar-refractivity contribution in [3.8, 4) is 0 Å². The fourth-order valence-electron chi connectivity index (χ4n) is 1.22. The second-order valence-electron chi connectivity index (χ2n) is 3.56. The van der Waals surface area contributed by atoms with E-state index in [1.807, 2.05) is 6.07 Å². The van der Waals surface area contributed by atoms with Crippen molar-refractivity contribution in [3.63, 3.8) is 0 Å². The molecule has 0 heterocycles. The van der Waals surface area contributed by atoms with E-state index in [2.05, 4.69) is 27.2 Å². The molecule has 0 amide bonds. The van der Waals surface area contributed by atoms with Crippen LogP contribution in [0.3, 0.4) is 0 Å². The molecule has 1 N–H and O–H groups in total. The molecule has 0 aliphatic rings. The SMILES string of the molecule is C=CC(C)NS(=O)(=O)c1cc(Br)ccc1C. The number of nitrogens with one attached hydrogen (secondary N) is 1. The van der Waals surface area contributed by atoms with E-state index in [0.717, 1.165) is 4.47 Å². The third-order valence-corrected chi connectivity index (χ3v) is 4.33. The molecule has 0 bridgehead atoms. The molecule has 0 aromatic heterocycles. The van der Waals surface area contributed by atoms with Gasteiger partial charge in [-0.05, 0) is 31.5 Å². The van der Waals surface area contributed by atoms with Crippen molar-refractivity contribution in [1.82, 2.24) is 4.72 Å². The highest BCUT2D eigenvalue weighted by Crippen LogP contribution is 2.20. The zero-order valence-electron chi connectivity index (χ0n) is 9.20. The largest absolute Gasteiger partial charge is 0.241 e. The van der Waals surface area contributed by atoms with E-state index >= 15 is 0 Å². The van der Waals surface area contributed by atoms with Crippen LogP contribution in [-0.4, -0.2) is 14.5 Å². The molecule has 0 spiro atoms. The normalized spacial score (nSPS) is 13.4. The summed E-state index contributed by atoms with van der Waals surface area (Å²) in [6.45, 7) is 7.04. The summed E-state index contributed by atoms with van der Waals surface area (Å²) < 4.78 is 27.3. The van der Waals surface area contributed by atoms with E-state index in [1.54, 1.807) is 32.1 Å². The lowest BCUT2D eigenvalue weighted by molar-refractivity contribution is 0.575. The molecule has 1 aromatic carbocycles. The van der Waals surface area contributed by atoms with Crippen molar-refractivity contribution in [2.24, 2.45) is 0 Å². The third kappa shape index (κ3) is 3.17. The van der Waals surface area contributed by atoms with Crippen LogP contribution in [0.2, 0.25) is 0 Å². The Labute approximate surface area is 105 Å². The number of benzene rings is 1. The molecular formula is C11H14BrNO2S. The van der Waals surface area contributed by atoms with Crippen LogP contribution >= 0.6 is 15.9 Å². The van der Waals surface area contributed by atoms with Gasteiger partial charge >= 0.3 is 0 Å². The smallest absolute Gasteiger partial charge is 0.207 e. The minimum Gasteiger partial charge on any atom is -0.207 e. The maximum absolute atomic E-state index is 12.0. The van der Waals surface area contributed by atoms with E-state index in [4.69, 9.17) is 0 Å². The number of halogens is 1. The second-order valence-corrected chi connectivity index (χ2v) is 6.15. The number of hydrogen-bond acceptors (Lipinski definition) is 2. The van der Waals surface area contributed by atoms with Crippen molar-refractivity contribution in [1.29, 1.82) is 0 Å². The topological polar surface area (TPSA) is 46.2 Å². The van der Waals surface area contributed by atoms with Gasteiger partial charge in [0.15, 0.2) is 0 Å². The van der Waals surface area contributed by atoms with Gasteiger partial charge in [0.1, 0.15) is 0 Å². The summed E-state index contributed by atoms with van der Waals surface area (Å²) in [6.07, 6.45) is 1.55. The van der Waals surface area contributed by atoms with Crippen molar-refractivity contribution in [2.75, 3.05) is 0 Å². The summed E-state index contributed by atoms with van der Waals surface area (Å²) >= 11 is 3.26. The van der Waals surface area contributed by atoms with Crippen molar-refractivity contribution >= 4 is 26.0 Å². The van der Waals surface area contributed by atoms with Gasteiger partial charge in [-0.1, -0.05) is 28.1 Å². The van der Waals surface area contributed by atoms with Crippen molar-refractivity contribution < 1.29 is 8.42 Å². The molecule has 0 aliphatic heterocycles. The number of rotatable bonds is 4. The first-order valence-corrected chi connectivity index (χ1v) is 7.05. The molecule has 0 saturated heterocycles. The van der Waals surface area contributed by atoms with Crippen LogP contribution in [0.5, 0.6) is 0 Å². The molecule has 3 nitrogen and oxygen atoms in total. The summed E-state index contributed by atoms with van der Waals surface area (Å²) in [5.41, 5.74) is 0.715. The first kappa shape index (κ1) is 13.4. The fraction of sp³-hybridized carbons (Fsp3) is 0.273. The van der Waals surface area contributed by atoms with E-state index in [-0.39, 0.29) is 10.9 Å². The van der Waals surface area contributed by atoms with Gasteiger partial charge in [-0.2, -0.15) is 0 Å². The van der Waals surface area contributed by atoms with Crippen LogP contribution in [0.4, 0.5) is 0 Å². The molecule has 1 rings (SSSR count). The lowest BCUT2D eigenvalue weighted by Crippen LogP contribution is -2.31. The van der Waals surface area contributed by atoms with Crippen LogP contribution in [0.15, 0.2) is 40.2 Å². The second kappa shape index (κ2) is 5.12. The summed E-state index contributed by atoms with van der Waals surface area (Å²) in [5, 5.41) is 0. The van der Waals surface area contributed by atoms with Gasteiger partial charge in [-0.15, -0.1) is 6.58 Å². The fourth-order valence-corrected chi connectivity index (χ4v) is 3.22. The Morgan fingerprint density at radius 3 is 2.69 bits per heavy atom. The van der Waals surface area contributed by atoms with Gasteiger partial charge in [-0.3, -0.25) is 0 Å². The lowest BCUT2D eigenvalue weighted by Gasteiger charge is -2.12. The zero-order chi connectivity index (χ0) is 12.3. The average Bonchev–Trinajstić information content (AvgIpc) is 2.20. The Morgan fingerprint density at radius 2 is 2.12 bits per heavy atom. The molecular weight excluding hydrogens is 290 g/mol. The first-order valence-electron chi connectivity index (χ1n) is 4.78. The van der Waals surface area contributed by atoms with E-state index in [1.165, 1.54) is 0 Å². The minimum absolute atomic E-state index is 0.288. The highest BCUT2D eigenvalue weighted by Gasteiger charge is 2.18. The highest BCUT2D eigenvalue weighted by molar-refractivity contribution is 9.10. The summed E-state index contributed by atoms with van der Waals surface area (Å²) in [4.78, 5) is 0.288. The van der Waals surface area contributed by atoms with Crippen molar-refractivity contribution in [3.05, 3.63) is 40.9 Å². The Bertz CT molecular complexity index is 497. The van der Waals surface area contributed by atoms with Gasteiger partial charge < -0.3 is 0 Å². The van der Waals surface area contributed by atoms with Crippen LogP contribution in [0.25, 0.3) is 0 Å². The molecule has 1 unspecified atom stereocenters. The Hall–Kier alpha value is -0.650. The third-order valence-electron chi connectivity index (χ3n) is 2.13. The van der Waals surface area contributed by atoms with Gasteiger partial charge in [0.05, 0.1) is 4.90 Å². The zero-order valence-corrected chi connectivity index (χ0v) is 11.6. The van der Waals surface area contributed by atoms with Gasteiger partial charge in [-0.25, -0.2) is 13.1 Å². The standard InChI is InChI=1S/C11H14BrNO2S/c1-4-9(3)13-16(14,15)11-7-10(12)6-5-8(11)2/h4-7,9,13H,1H2,2-3H3. The quantitative estimate of drug-likeness (QED) is 0.869. The maximum atomic E-state index is 12.0. The first-order chi connectivity index (χ1) is 7.36. The van der Waals surface area contributed by atoms with Gasteiger partial charge in [0, 0.05) is 10.5 Å². The van der Waals surface area contributed by atoms with E-state index < -0.39 is 10.0 Å². The molecule has 0 aliphatic carbocycles. The molecule has 16 heavy (non-hydrogen) atoms. The predicted molar refractivity (Wildman–Crippen MR) is 68.9 cm³/mol. The maximum Gasteiger partial charge on any atom is 0.241 e. The monoisotopic (exact) mass is 303 g/mol. The summed E-state index contributed by atoms with van der Waals surface area (Å²) in [5.74, 6) is 0. The molecule has 1 atom stereocenters. The van der Waals surface area contributed by atoms with E-state index in [0.29, 0.717) is 5.56 Å². The molecule has 0 radical (unpaired) electrons. The minimum atomic E-state index is -3.48. The van der Waals surface area contributed by atoms with E-state index in [9.17, 15) is 8.42 Å². The Kier molecular flexibility index (Phi) is 4.29. The van der Waals surface area contributed by atoms with Crippen molar-refractivity contribution in [2.45, 2.75) is 24.8 Å². The lowest BCUT2D eigenvalue weighted by atomic mass is 10.2. The number of hydrogen-bond donors (Lipinski definition) is 1. The number of sulfonamides is 1. The van der Waals surface area contributed by atoms with Gasteiger partial charge in [0.25, 0.3) is 0 Å². The summed E-state index contributed by atoms with van der Waals surface area (Å²) in [7, 11) is -3.48. The van der Waals surface area contributed by atoms with Crippen LogP contribution < -0.4 is 4.72 Å². The van der Waals surface area contributed by atoms with Crippen LogP contribution in [0, 0.1) is 6.92 Å². The van der Waals surface area contributed by atoms with Gasteiger partial charge in [0.2, 0.25) is 10.0 Å². The van der Waals surface area contributed by atoms with Crippen LogP contribution in [-0.2, 0) is 10.0 Å². The van der Waals surface area contributed by atoms with Crippen LogP contribution in [0.1, 0.15) is 12.5 Å².